The van der Waals surface area contributed by atoms with E-state index < -0.39 is 17.3 Å². The van der Waals surface area contributed by atoms with Gasteiger partial charge in [-0.3, -0.25) is 19.2 Å². The van der Waals surface area contributed by atoms with E-state index in [9.17, 15) is 19.2 Å². The monoisotopic (exact) mass is 650 g/mol. The Balaban J connectivity index is 0.000000164. The minimum absolute atomic E-state index is 0.324. The van der Waals surface area contributed by atoms with Crippen molar-refractivity contribution < 1.29 is 19.2 Å². The molecule has 4 nitrogen and oxygen atoms in total. The Hall–Kier alpha value is -6.70. The van der Waals surface area contributed by atoms with Crippen LogP contribution in [0.5, 0.6) is 0 Å². The molecule has 0 spiro atoms. The molecule has 0 heterocycles. The average Bonchev–Trinajstić information content (AvgIpc) is 3.17. The molecule has 0 bridgehead atoms. The number of aryl methyl sites for hydroxylation is 2. The van der Waals surface area contributed by atoms with E-state index in [4.69, 9.17) is 0 Å². The third-order valence-electron chi connectivity index (χ3n) is 7.84. The van der Waals surface area contributed by atoms with Crippen molar-refractivity contribution in [2.75, 3.05) is 0 Å². The summed E-state index contributed by atoms with van der Waals surface area (Å²) in [5.74, 6) is 4.88. The molecule has 50 heavy (non-hydrogen) atoms. The molecule has 0 aliphatic heterocycles. The van der Waals surface area contributed by atoms with Crippen molar-refractivity contribution in [2.24, 2.45) is 0 Å². The lowest BCUT2D eigenvalue weighted by Crippen LogP contribution is -2.23. The Labute approximate surface area is 292 Å². The van der Waals surface area contributed by atoms with Gasteiger partial charge in [-0.05, 0) is 60.9 Å². The number of carbonyl (C=O) groups is 4. The molecule has 7 rings (SSSR count). The molecule has 0 N–H and O–H groups in total. The van der Waals surface area contributed by atoms with Crippen molar-refractivity contribution in [1.82, 2.24) is 0 Å². The van der Waals surface area contributed by atoms with Gasteiger partial charge in [-0.15, -0.1) is 0 Å². The molecule has 0 radical (unpaired) electrons. The van der Waals surface area contributed by atoms with Gasteiger partial charge in [-0.25, -0.2) is 0 Å². The standard InChI is InChI=1S/C23H16O2.C14H10.C9H8O2/c1-15-12-13-18-19(14-15)22(24)23(25)21(17-10-6-3-7-11-17)20(18)16-8-4-2-5-9-16;1-3-7-13(8-4-1)11-12-14-9-5-2-6-10-14;1-7-2-4-8(5-3-7)9(11)6-10/h2-14H,1H3;1-10H;2-6H,1H3. The first kappa shape index (κ1) is 34.6. The van der Waals surface area contributed by atoms with Crippen LogP contribution in [0.1, 0.15) is 59.7 Å². The van der Waals surface area contributed by atoms with E-state index in [0.717, 1.165) is 44.5 Å². The second-order valence-corrected chi connectivity index (χ2v) is 11.5. The van der Waals surface area contributed by atoms with Crippen LogP contribution in [-0.4, -0.2) is 23.6 Å². The molecule has 0 saturated carbocycles. The summed E-state index contributed by atoms with van der Waals surface area (Å²) in [5, 5.41) is 0. The van der Waals surface area contributed by atoms with Crippen LogP contribution in [0, 0.1) is 25.7 Å². The quantitative estimate of drug-likeness (QED) is 0.0826. The summed E-state index contributed by atoms with van der Waals surface area (Å²) in [6.45, 7) is 3.85. The van der Waals surface area contributed by atoms with E-state index in [2.05, 4.69) is 11.8 Å². The van der Waals surface area contributed by atoms with Gasteiger partial charge in [0.1, 0.15) is 0 Å². The normalized spacial score (nSPS) is 11.4. The number of allylic oxidation sites excluding steroid dienone is 1. The van der Waals surface area contributed by atoms with Crippen molar-refractivity contribution in [2.45, 2.75) is 13.8 Å². The SMILES string of the molecule is C(#Cc1ccccc1)c1ccccc1.Cc1ccc(C(=O)C=O)cc1.Cc1ccc2c(c1)C(=O)C(=O)C(c1ccccc1)=C2c1ccccc1. The van der Waals surface area contributed by atoms with Crippen LogP contribution >= 0.6 is 0 Å². The first-order chi connectivity index (χ1) is 24.4. The Morgan fingerprint density at radius 3 is 1.40 bits per heavy atom. The number of carbonyl (C=O) groups excluding carboxylic acids is 4. The number of benzene rings is 6. The van der Waals surface area contributed by atoms with Gasteiger partial charge >= 0.3 is 0 Å². The van der Waals surface area contributed by atoms with E-state index >= 15 is 0 Å². The summed E-state index contributed by atoms with van der Waals surface area (Å²) in [7, 11) is 0. The number of aldehydes is 1. The molecule has 0 atom stereocenters. The second kappa shape index (κ2) is 16.9. The van der Waals surface area contributed by atoms with Crippen molar-refractivity contribution >= 4 is 34.8 Å². The lowest BCUT2D eigenvalue weighted by molar-refractivity contribution is -0.110. The summed E-state index contributed by atoms with van der Waals surface area (Å²) in [6, 6.07) is 51.8. The maximum atomic E-state index is 13.0. The Kier molecular flexibility index (Phi) is 11.7. The largest absolute Gasteiger partial charge is 0.294 e. The first-order valence-electron chi connectivity index (χ1n) is 16.1. The molecule has 6 aromatic rings. The highest BCUT2D eigenvalue weighted by atomic mass is 16.2. The zero-order valence-electron chi connectivity index (χ0n) is 27.8. The van der Waals surface area contributed by atoms with Crippen LogP contribution in [0.25, 0.3) is 11.1 Å². The maximum absolute atomic E-state index is 13.0. The zero-order chi connectivity index (χ0) is 35.3. The van der Waals surface area contributed by atoms with Crippen molar-refractivity contribution in [1.29, 1.82) is 0 Å². The van der Waals surface area contributed by atoms with Crippen molar-refractivity contribution in [3.05, 3.63) is 214 Å². The molecule has 1 aliphatic rings. The van der Waals surface area contributed by atoms with E-state index in [1.54, 1.807) is 30.3 Å². The topological polar surface area (TPSA) is 68.3 Å². The van der Waals surface area contributed by atoms with Crippen LogP contribution in [0.2, 0.25) is 0 Å². The molecule has 6 aromatic carbocycles. The summed E-state index contributed by atoms with van der Waals surface area (Å²) in [5.41, 5.74) is 8.92. The number of hydrogen-bond donors (Lipinski definition) is 0. The fourth-order valence-corrected chi connectivity index (χ4v) is 5.31. The van der Waals surface area contributed by atoms with Gasteiger partial charge in [0.05, 0.1) is 0 Å². The predicted octanol–water partition coefficient (Wildman–Crippen LogP) is 9.18. The zero-order valence-corrected chi connectivity index (χ0v) is 27.8. The van der Waals surface area contributed by atoms with Gasteiger partial charge < -0.3 is 0 Å². The Morgan fingerprint density at radius 1 is 0.480 bits per heavy atom. The van der Waals surface area contributed by atoms with Crippen molar-refractivity contribution in [3.8, 4) is 11.8 Å². The molecule has 0 aromatic heterocycles. The molecule has 242 valence electrons. The number of hydrogen-bond acceptors (Lipinski definition) is 4. The van der Waals surface area contributed by atoms with Crippen LogP contribution in [0.4, 0.5) is 0 Å². The van der Waals surface area contributed by atoms with Crippen molar-refractivity contribution in [3.63, 3.8) is 0 Å². The maximum Gasteiger partial charge on any atom is 0.234 e. The van der Waals surface area contributed by atoms with Crippen LogP contribution in [0.3, 0.4) is 0 Å². The highest BCUT2D eigenvalue weighted by molar-refractivity contribution is 6.63. The smallest absolute Gasteiger partial charge is 0.234 e. The lowest BCUT2D eigenvalue weighted by atomic mass is 9.78. The first-order valence-corrected chi connectivity index (χ1v) is 16.1. The Morgan fingerprint density at radius 2 is 0.920 bits per heavy atom. The molecular formula is C46H34O4. The fraction of sp³-hybridized carbons (Fsp3) is 0.0435. The van der Waals surface area contributed by atoms with E-state index in [-0.39, 0.29) is 0 Å². The van der Waals surface area contributed by atoms with Gasteiger partial charge in [0, 0.05) is 33.4 Å². The number of fused-ring (bicyclic) bond motifs is 1. The lowest BCUT2D eigenvalue weighted by Gasteiger charge is -2.23. The Bertz CT molecular complexity index is 2160. The van der Waals surface area contributed by atoms with Gasteiger partial charge in [-0.1, -0.05) is 156 Å². The molecular weight excluding hydrogens is 617 g/mol. The second-order valence-electron chi connectivity index (χ2n) is 11.5. The minimum Gasteiger partial charge on any atom is -0.294 e. The molecule has 4 heteroatoms. The van der Waals surface area contributed by atoms with Crippen LogP contribution < -0.4 is 0 Å². The van der Waals surface area contributed by atoms with Gasteiger partial charge in [0.2, 0.25) is 17.3 Å². The molecule has 0 saturated heterocycles. The van der Waals surface area contributed by atoms with Crippen LogP contribution in [0.15, 0.2) is 164 Å². The van der Waals surface area contributed by atoms with Crippen LogP contribution in [-0.2, 0) is 9.59 Å². The summed E-state index contributed by atoms with van der Waals surface area (Å²) in [4.78, 5) is 46.5. The molecule has 1 aliphatic carbocycles. The number of ketones is 3. The third-order valence-corrected chi connectivity index (χ3v) is 7.84. The van der Waals surface area contributed by atoms with E-state index in [1.807, 2.05) is 147 Å². The average molecular weight is 651 g/mol. The minimum atomic E-state index is -0.468. The summed E-state index contributed by atoms with van der Waals surface area (Å²) >= 11 is 0. The third kappa shape index (κ3) is 8.80. The van der Waals surface area contributed by atoms with Gasteiger partial charge in [0.25, 0.3) is 0 Å². The molecule has 0 amide bonds. The summed E-state index contributed by atoms with van der Waals surface area (Å²) < 4.78 is 0. The predicted molar refractivity (Wildman–Crippen MR) is 200 cm³/mol. The van der Waals surface area contributed by atoms with E-state index in [0.29, 0.717) is 23.0 Å². The molecule has 0 fully saturated rings. The fourth-order valence-electron chi connectivity index (χ4n) is 5.31. The highest BCUT2D eigenvalue weighted by Crippen LogP contribution is 2.39. The number of Topliss-reactive ketones (excluding diaryl/α,β-unsaturated/α-hetero) is 3. The van der Waals surface area contributed by atoms with Gasteiger partial charge in [-0.2, -0.15) is 0 Å². The molecule has 0 unspecified atom stereocenters. The van der Waals surface area contributed by atoms with Gasteiger partial charge in [0.15, 0.2) is 6.29 Å². The highest BCUT2D eigenvalue weighted by Gasteiger charge is 2.33. The van der Waals surface area contributed by atoms with E-state index in [1.165, 1.54) is 0 Å². The summed E-state index contributed by atoms with van der Waals surface area (Å²) in [6.07, 6.45) is 0.324. The number of rotatable bonds is 4.